The largest absolute Gasteiger partial charge is 0.345 e. The molecule has 1 aromatic heterocycles. The minimum Gasteiger partial charge on any atom is -0.285 e. The number of benzene rings is 1. The molecule has 2 rings (SSSR count). The van der Waals surface area contributed by atoms with Crippen LogP contribution in [0.3, 0.4) is 0 Å². The fourth-order valence-corrected chi connectivity index (χ4v) is 1.57. The van der Waals surface area contributed by atoms with E-state index in [1.54, 1.807) is 13.1 Å². The molecule has 0 unspecified atom stereocenters. The topological polar surface area (TPSA) is 39.8 Å². The van der Waals surface area contributed by atoms with Gasteiger partial charge in [-0.25, -0.2) is 13.9 Å². The van der Waals surface area contributed by atoms with Crippen molar-refractivity contribution in [3.05, 3.63) is 51.4 Å². The summed E-state index contributed by atoms with van der Waals surface area (Å²) in [4.78, 5) is 11.5. The van der Waals surface area contributed by atoms with Crippen LogP contribution in [0.4, 0.5) is 4.39 Å². The van der Waals surface area contributed by atoms with E-state index in [1.165, 1.54) is 27.7 Å². The molecule has 0 spiro atoms. The molecule has 0 aliphatic rings. The average Bonchev–Trinajstić information content (AvgIpc) is 2.54. The first-order valence-electron chi connectivity index (χ1n) is 4.60. The zero-order valence-corrected chi connectivity index (χ0v) is 9.28. The third kappa shape index (κ3) is 1.99. The van der Waals surface area contributed by atoms with Gasteiger partial charge < -0.3 is 0 Å². The molecule has 4 nitrogen and oxygen atoms in total. The molecule has 0 N–H and O–H groups in total. The molecule has 0 saturated carbocycles. The van der Waals surface area contributed by atoms with Crippen LogP contribution >= 0.6 is 11.6 Å². The molecule has 1 aromatic carbocycles. The van der Waals surface area contributed by atoms with Crippen molar-refractivity contribution in [2.45, 2.75) is 6.54 Å². The van der Waals surface area contributed by atoms with Crippen molar-refractivity contribution < 1.29 is 4.39 Å². The Balaban J connectivity index is 2.34. The Bertz CT molecular complexity index is 576. The van der Waals surface area contributed by atoms with E-state index in [2.05, 4.69) is 5.10 Å². The number of rotatable bonds is 2. The maximum atomic E-state index is 12.8. The standard InChI is InChI=1S/C10H9ClFN3O/c1-14-6-13-15(10(14)16)5-7-2-3-8(12)4-9(7)11/h2-4,6H,5H2,1H3. The van der Waals surface area contributed by atoms with Gasteiger partial charge in [-0.15, -0.1) is 0 Å². The third-order valence-electron chi connectivity index (χ3n) is 2.22. The molecule has 0 radical (unpaired) electrons. The summed E-state index contributed by atoms with van der Waals surface area (Å²) in [5.41, 5.74) is 0.421. The van der Waals surface area contributed by atoms with Crippen molar-refractivity contribution in [3.8, 4) is 0 Å². The second-order valence-electron chi connectivity index (χ2n) is 3.42. The van der Waals surface area contributed by atoms with Crippen molar-refractivity contribution in [1.82, 2.24) is 14.3 Å². The van der Waals surface area contributed by atoms with Gasteiger partial charge in [0.2, 0.25) is 0 Å². The summed E-state index contributed by atoms with van der Waals surface area (Å²) >= 11 is 5.85. The van der Waals surface area contributed by atoms with E-state index in [1.807, 2.05) is 0 Å². The Kier molecular flexibility index (Phi) is 2.78. The van der Waals surface area contributed by atoms with Crippen LogP contribution in [0.5, 0.6) is 0 Å². The normalized spacial score (nSPS) is 10.7. The summed E-state index contributed by atoms with van der Waals surface area (Å²) in [5, 5.41) is 4.18. The summed E-state index contributed by atoms with van der Waals surface area (Å²) in [6.45, 7) is 0.235. The first-order valence-corrected chi connectivity index (χ1v) is 4.98. The van der Waals surface area contributed by atoms with Gasteiger partial charge in [-0.2, -0.15) is 5.10 Å². The monoisotopic (exact) mass is 241 g/mol. The van der Waals surface area contributed by atoms with Gasteiger partial charge in [0, 0.05) is 12.1 Å². The van der Waals surface area contributed by atoms with Crippen LogP contribution in [0.25, 0.3) is 0 Å². The average molecular weight is 242 g/mol. The fourth-order valence-electron chi connectivity index (χ4n) is 1.34. The zero-order chi connectivity index (χ0) is 11.7. The molecule has 0 aliphatic heterocycles. The number of aryl methyl sites for hydroxylation is 1. The lowest BCUT2D eigenvalue weighted by atomic mass is 10.2. The molecule has 16 heavy (non-hydrogen) atoms. The van der Waals surface area contributed by atoms with Gasteiger partial charge >= 0.3 is 5.69 Å². The highest BCUT2D eigenvalue weighted by atomic mass is 35.5. The molecule has 0 saturated heterocycles. The van der Waals surface area contributed by atoms with E-state index >= 15 is 0 Å². The Morgan fingerprint density at radius 2 is 2.25 bits per heavy atom. The molecule has 0 atom stereocenters. The SMILES string of the molecule is Cn1cnn(Cc2ccc(F)cc2Cl)c1=O. The lowest BCUT2D eigenvalue weighted by Gasteiger charge is -2.03. The Hall–Kier alpha value is -1.62. The highest BCUT2D eigenvalue weighted by molar-refractivity contribution is 6.31. The predicted octanol–water partition coefficient (Wildman–Crippen LogP) is 1.42. The van der Waals surface area contributed by atoms with Crippen molar-refractivity contribution >= 4 is 11.6 Å². The molecular weight excluding hydrogens is 233 g/mol. The number of hydrogen-bond donors (Lipinski definition) is 0. The van der Waals surface area contributed by atoms with E-state index in [9.17, 15) is 9.18 Å². The number of nitrogens with zero attached hydrogens (tertiary/aromatic N) is 3. The second-order valence-corrected chi connectivity index (χ2v) is 3.83. The van der Waals surface area contributed by atoms with Gasteiger partial charge in [0.25, 0.3) is 0 Å². The van der Waals surface area contributed by atoms with Gasteiger partial charge in [-0.1, -0.05) is 17.7 Å². The lowest BCUT2D eigenvalue weighted by Crippen LogP contribution is -2.23. The number of halogens is 2. The van der Waals surface area contributed by atoms with Crippen molar-refractivity contribution in [3.63, 3.8) is 0 Å². The van der Waals surface area contributed by atoms with Gasteiger partial charge in [0.15, 0.2) is 0 Å². The van der Waals surface area contributed by atoms with Crippen LogP contribution in [0, 0.1) is 5.82 Å². The van der Waals surface area contributed by atoms with E-state index in [0.717, 1.165) is 0 Å². The minimum absolute atomic E-state index is 0.235. The third-order valence-corrected chi connectivity index (χ3v) is 2.57. The van der Waals surface area contributed by atoms with E-state index < -0.39 is 5.82 Å². The van der Waals surface area contributed by atoms with Gasteiger partial charge in [-0.3, -0.25) is 4.57 Å². The second kappa shape index (κ2) is 4.09. The van der Waals surface area contributed by atoms with Crippen LogP contribution in [0.2, 0.25) is 5.02 Å². The van der Waals surface area contributed by atoms with Crippen LogP contribution in [-0.2, 0) is 13.6 Å². The molecule has 0 bridgehead atoms. The summed E-state index contributed by atoms with van der Waals surface area (Å²) in [6, 6.07) is 4.05. The van der Waals surface area contributed by atoms with E-state index in [-0.39, 0.29) is 17.3 Å². The van der Waals surface area contributed by atoms with Crippen LogP contribution in [0.1, 0.15) is 5.56 Å². The van der Waals surface area contributed by atoms with Crippen molar-refractivity contribution in [1.29, 1.82) is 0 Å². The molecule has 84 valence electrons. The molecule has 6 heteroatoms. The smallest absolute Gasteiger partial charge is 0.285 e. The molecule has 2 aromatic rings. The molecule has 0 aliphatic carbocycles. The predicted molar refractivity (Wildman–Crippen MR) is 58.0 cm³/mol. The van der Waals surface area contributed by atoms with Gasteiger partial charge in [0.05, 0.1) is 6.54 Å². The fraction of sp³-hybridized carbons (Fsp3) is 0.200. The van der Waals surface area contributed by atoms with Crippen LogP contribution < -0.4 is 5.69 Å². The van der Waals surface area contributed by atoms with E-state index in [4.69, 9.17) is 11.6 Å². The van der Waals surface area contributed by atoms with Crippen molar-refractivity contribution in [2.24, 2.45) is 7.05 Å². The molecular formula is C10H9ClFN3O. The zero-order valence-electron chi connectivity index (χ0n) is 8.52. The quantitative estimate of drug-likeness (QED) is 0.798. The van der Waals surface area contributed by atoms with Gasteiger partial charge in [-0.05, 0) is 17.7 Å². The maximum Gasteiger partial charge on any atom is 0.345 e. The van der Waals surface area contributed by atoms with Crippen LogP contribution in [0.15, 0.2) is 29.3 Å². The first kappa shape index (κ1) is 10.9. The lowest BCUT2D eigenvalue weighted by molar-refractivity contribution is 0.621. The number of aromatic nitrogens is 3. The summed E-state index contributed by atoms with van der Waals surface area (Å²) in [5.74, 6) is -0.401. The highest BCUT2D eigenvalue weighted by Crippen LogP contribution is 2.17. The van der Waals surface area contributed by atoms with E-state index in [0.29, 0.717) is 5.56 Å². The minimum atomic E-state index is -0.401. The van der Waals surface area contributed by atoms with Crippen LogP contribution in [-0.4, -0.2) is 14.3 Å². The Morgan fingerprint density at radius 1 is 1.50 bits per heavy atom. The van der Waals surface area contributed by atoms with Crippen molar-refractivity contribution in [2.75, 3.05) is 0 Å². The molecule has 1 heterocycles. The summed E-state index contributed by atoms with van der Waals surface area (Å²) < 4.78 is 15.4. The Morgan fingerprint density at radius 3 is 2.81 bits per heavy atom. The molecule has 0 amide bonds. The summed E-state index contributed by atoms with van der Waals surface area (Å²) in [7, 11) is 1.61. The maximum absolute atomic E-state index is 12.8. The van der Waals surface area contributed by atoms with Gasteiger partial charge in [0.1, 0.15) is 12.1 Å². The highest BCUT2D eigenvalue weighted by Gasteiger charge is 2.06. The first-order chi connectivity index (χ1) is 7.58. The molecule has 0 fully saturated rings. The number of hydrogen-bond acceptors (Lipinski definition) is 2. The summed E-state index contributed by atoms with van der Waals surface area (Å²) in [6.07, 6.45) is 1.42. The Labute approximate surface area is 95.9 Å².